The molecule has 0 saturated carbocycles. The van der Waals surface area contributed by atoms with Gasteiger partial charge in [-0.1, -0.05) is 42.0 Å². The first-order chi connectivity index (χ1) is 15.7. The second kappa shape index (κ2) is 11.6. The van der Waals surface area contributed by atoms with E-state index in [4.69, 9.17) is 0 Å². The maximum atomic E-state index is 12.8. The Morgan fingerprint density at radius 1 is 0.875 bits per heavy atom. The molecule has 3 aliphatic rings. The van der Waals surface area contributed by atoms with Gasteiger partial charge in [-0.2, -0.15) is 0 Å². The number of piperidine rings is 1. The number of carbonyl (C=O) groups is 2. The molecule has 2 amide bonds. The number of hydrogen-bond donors (Lipinski definition) is 0. The molecule has 1 atom stereocenters. The lowest BCUT2D eigenvalue weighted by Gasteiger charge is -2.36. The van der Waals surface area contributed by atoms with E-state index in [9.17, 15) is 9.59 Å². The average molecular weight is 438 g/mol. The summed E-state index contributed by atoms with van der Waals surface area (Å²) in [6.07, 6.45) is 11.4. The molecular weight excluding hydrogens is 398 g/mol. The monoisotopic (exact) mass is 437 g/mol. The molecule has 0 radical (unpaired) electrons. The molecule has 4 rings (SSSR count). The summed E-state index contributed by atoms with van der Waals surface area (Å²) < 4.78 is 0. The first kappa shape index (κ1) is 23.0. The van der Waals surface area contributed by atoms with Crippen LogP contribution in [0.4, 0.5) is 0 Å². The van der Waals surface area contributed by atoms with E-state index in [2.05, 4.69) is 46.2 Å². The molecule has 0 aromatic heterocycles. The molecule has 2 saturated heterocycles. The van der Waals surface area contributed by atoms with Gasteiger partial charge in [-0.05, 0) is 56.4 Å². The van der Waals surface area contributed by atoms with Gasteiger partial charge < -0.3 is 9.80 Å². The molecule has 0 N–H and O–H groups in total. The number of nitrogens with zero attached hydrogens (tertiary/aromatic N) is 3. The van der Waals surface area contributed by atoms with E-state index in [0.29, 0.717) is 30.6 Å². The predicted octanol–water partition coefficient (Wildman–Crippen LogP) is 4.24. The van der Waals surface area contributed by atoms with Crippen molar-refractivity contribution in [2.24, 2.45) is 5.92 Å². The van der Waals surface area contributed by atoms with Crippen LogP contribution < -0.4 is 0 Å². The molecule has 5 heteroatoms. The Balaban J connectivity index is 1.16. The van der Waals surface area contributed by atoms with E-state index in [1.54, 1.807) is 0 Å². The van der Waals surface area contributed by atoms with E-state index in [0.717, 1.165) is 77.9 Å². The van der Waals surface area contributed by atoms with Crippen molar-refractivity contribution in [3.63, 3.8) is 0 Å². The summed E-state index contributed by atoms with van der Waals surface area (Å²) in [5, 5.41) is 0. The van der Waals surface area contributed by atoms with Crippen molar-refractivity contribution in [3.05, 3.63) is 47.5 Å². The number of carbonyl (C=O) groups excluding carboxylic acids is 2. The minimum absolute atomic E-state index is 0.292. The van der Waals surface area contributed by atoms with Gasteiger partial charge in [0.2, 0.25) is 11.8 Å². The van der Waals surface area contributed by atoms with Crippen LogP contribution in [0.1, 0.15) is 63.4 Å². The molecule has 1 aromatic carbocycles. The highest BCUT2D eigenvalue weighted by atomic mass is 16.2. The Labute approximate surface area is 193 Å². The highest BCUT2D eigenvalue weighted by Crippen LogP contribution is 2.25. The molecule has 0 bridgehead atoms. The molecular formula is C27H39N3O2. The Morgan fingerprint density at radius 2 is 1.69 bits per heavy atom. The van der Waals surface area contributed by atoms with Gasteiger partial charge in [0, 0.05) is 58.7 Å². The number of piperazine rings is 1. The Kier molecular flexibility index (Phi) is 8.38. The number of hydrogen-bond acceptors (Lipinski definition) is 3. The van der Waals surface area contributed by atoms with Crippen molar-refractivity contribution in [3.8, 4) is 0 Å². The Hall–Kier alpha value is -2.14. The standard InChI is InChI=1S/C27H39N3O2/c31-26(29-18-16-28(17-19-29)21-24-10-5-2-6-11-24)14-13-25-12-7-15-30(22-25)27(32)20-23-8-3-1-4-9-23/h2,5-6,8,10-11,25H,1,3-4,7,9,12-22H2. The second-order valence-electron chi connectivity index (χ2n) is 9.81. The average Bonchev–Trinajstić information content (AvgIpc) is 2.84. The van der Waals surface area contributed by atoms with Gasteiger partial charge in [0.15, 0.2) is 0 Å². The van der Waals surface area contributed by atoms with Crippen molar-refractivity contribution in [2.45, 2.75) is 64.3 Å². The maximum Gasteiger partial charge on any atom is 0.226 e. The number of allylic oxidation sites excluding steroid dienone is 1. The van der Waals surface area contributed by atoms with E-state index in [-0.39, 0.29) is 0 Å². The lowest BCUT2D eigenvalue weighted by Crippen LogP contribution is -2.48. The van der Waals surface area contributed by atoms with Crippen LogP contribution >= 0.6 is 0 Å². The molecule has 5 nitrogen and oxygen atoms in total. The smallest absolute Gasteiger partial charge is 0.226 e. The molecule has 32 heavy (non-hydrogen) atoms. The van der Waals surface area contributed by atoms with Gasteiger partial charge >= 0.3 is 0 Å². The zero-order chi connectivity index (χ0) is 22.2. The molecule has 1 aromatic rings. The van der Waals surface area contributed by atoms with Crippen molar-refractivity contribution < 1.29 is 9.59 Å². The number of benzene rings is 1. The minimum atomic E-state index is 0.292. The Bertz CT molecular complexity index is 783. The SMILES string of the molecule is O=C(CCC1CCCN(C(=O)CC2=CCCCC2)C1)N1CCN(Cc2ccccc2)CC1. The van der Waals surface area contributed by atoms with Crippen molar-refractivity contribution in [1.29, 1.82) is 0 Å². The van der Waals surface area contributed by atoms with Crippen LogP contribution in [-0.2, 0) is 16.1 Å². The maximum absolute atomic E-state index is 12.8. The quantitative estimate of drug-likeness (QED) is 0.600. The second-order valence-corrected chi connectivity index (χ2v) is 9.81. The van der Waals surface area contributed by atoms with Gasteiger partial charge in [0.05, 0.1) is 0 Å². The predicted molar refractivity (Wildman–Crippen MR) is 128 cm³/mol. The van der Waals surface area contributed by atoms with Gasteiger partial charge in [-0.15, -0.1) is 0 Å². The van der Waals surface area contributed by atoms with Gasteiger partial charge in [0.25, 0.3) is 0 Å². The summed E-state index contributed by atoms with van der Waals surface area (Å²) in [4.78, 5) is 32.1. The van der Waals surface area contributed by atoms with E-state index < -0.39 is 0 Å². The van der Waals surface area contributed by atoms with Crippen LogP contribution in [0, 0.1) is 5.92 Å². The summed E-state index contributed by atoms with van der Waals surface area (Å²) in [7, 11) is 0. The molecule has 0 spiro atoms. The van der Waals surface area contributed by atoms with Crippen LogP contribution in [0.15, 0.2) is 42.0 Å². The lowest BCUT2D eigenvalue weighted by molar-refractivity contribution is -0.133. The third-order valence-corrected chi connectivity index (χ3v) is 7.38. The van der Waals surface area contributed by atoms with Crippen LogP contribution in [0.3, 0.4) is 0 Å². The van der Waals surface area contributed by atoms with Crippen molar-refractivity contribution in [2.75, 3.05) is 39.3 Å². The number of amides is 2. The number of likely N-dealkylation sites (tertiary alicyclic amines) is 1. The largest absolute Gasteiger partial charge is 0.342 e. The summed E-state index contributed by atoms with van der Waals surface area (Å²) in [5.74, 6) is 1.06. The highest BCUT2D eigenvalue weighted by molar-refractivity contribution is 5.79. The third kappa shape index (κ3) is 6.68. The molecule has 1 unspecified atom stereocenters. The first-order valence-corrected chi connectivity index (χ1v) is 12.7. The molecule has 174 valence electrons. The fourth-order valence-electron chi connectivity index (χ4n) is 5.38. The van der Waals surface area contributed by atoms with E-state index >= 15 is 0 Å². The fraction of sp³-hybridized carbons (Fsp3) is 0.630. The van der Waals surface area contributed by atoms with E-state index in [1.165, 1.54) is 24.0 Å². The molecule has 2 fully saturated rings. The van der Waals surface area contributed by atoms with Crippen molar-refractivity contribution >= 4 is 11.8 Å². The van der Waals surface area contributed by atoms with Gasteiger partial charge in [-0.25, -0.2) is 0 Å². The van der Waals surface area contributed by atoms with E-state index in [1.807, 2.05) is 4.90 Å². The molecule has 1 aliphatic carbocycles. The summed E-state index contributed by atoms with van der Waals surface area (Å²) in [5.41, 5.74) is 2.67. The van der Waals surface area contributed by atoms with Crippen LogP contribution in [-0.4, -0.2) is 65.8 Å². The summed E-state index contributed by atoms with van der Waals surface area (Å²) in [6, 6.07) is 10.6. The molecule has 2 aliphatic heterocycles. The van der Waals surface area contributed by atoms with Crippen LogP contribution in [0.25, 0.3) is 0 Å². The normalized spacial score (nSPS) is 22.5. The molecule has 2 heterocycles. The zero-order valence-electron chi connectivity index (χ0n) is 19.5. The summed E-state index contributed by atoms with van der Waals surface area (Å²) >= 11 is 0. The number of rotatable bonds is 7. The minimum Gasteiger partial charge on any atom is -0.342 e. The highest BCUT2D eigenvalue weighted by Gasteiger charge is 2.26. The van der Waals surface area contributed by atoms with Gasteiger partial charge in [-0.3, -0.25) is 14.5 Å². The fourth-order valence-corrected chi connectivity index (χ4v) is 5.38. The topological polar surface area (TPSA) is 43.9 Å². The lowest BCUT2D eigenvalue weighted by atomic mass is 9.92. The first-order valence-electron chi connectivity index (χ1n) is 12.7. The third-order valence-electron chi connectivity index (χ3n) is 7.38. The zero-order valence-corrected chi connectivity index (χ0v) is 19.5. The van der Waals surface area contributed by atoms with Gasteiger partial charge in [0.1, 0.15) is 0 Å². The van der Waals surface area contributed by atoms with Crippen LogP contribution in [0.2, 0.25) is 0 Å². The Morgan fingerprint density at radius 3 is 2.44 bits per heavy atom. The summed E-state index contributed by atoms with van der Waals surface area (Å²) in [6.45, 7) is 6.24. The van der Waals surface area contributed by atoms with Crippen LogP contribution in [0.5, 0.6) is 0 Å². The van der Waals surface area contributed by atoms with Crippen molar-refractivity contribution in [1.82, 2.24) is 14.7 Å².